The lowest BCUT2D eigenvalue weighted by Crippen LogP contribution is -2.12. The van der Waals surface area contributed by atoms with Crippen LogP contribution < -0.4 is 5.32 Å². The van der Waals surface area contributed by atoms with Crippen LogP contribution in [0.15, 0.2) is 30.5 Å². The molecule has 0 aliphatic heterocycles. The molecule has 0 saturated heterocycles. The van der Waals surface area contributed by atoms with Crippen molar-refractivity contribution in [3.05, 3.63) is 52.3 Å². The lowest BCUT2D eigenvalue weighted by Gasteiger charge is -2.07. The molecule has 0 bridgehead atoms. The van der Waals surface area contributed by atoms with E-state index < -0.39 is 5.97 Å². The Morgan fingerprint density at radius 1 is 1.19 bits per heavy atom. The number of aromatic nitrogens is 4. The molecule has 8 nitrogen and oxygen atoms in total. The van der Waals surface area contributed by atoms with Gasteiger partial charge in [-0.2, -0.15) is 5.10 Å². The zero-order valence-electron chi connectivity index (χ0n) is 14.5. The number of benzene rings is 1. The van der Waals surface area contributed by atoms with E-state index in [9.17, 15) is 9.59 Å². The van der Waals surface area contributed by atoms with Crippen LogP contribution in [0.3, 0.4) is 0 Å². The fraction of sp³-hybridized carbons (Fsp3) is 0.235. The maximum atomic E-state index is 12.2. The Hall–Kier alpha value is -3.07. The Kier molecular flexibility index (Phi) is 5.08. The summed E-state index contributed by atoms with van der Waals surface area (Å²) in [5.41, 5.74) is 2.31. The first-order chi connectivity index (χ1) is 12.5. The monoisotopic (exact) mass is 371 g/mol. The molecule has 26 heavy (non-hydrogen) atoms. The molecule has 1 N–H and O–H groups in total. The normalized spacial score (nSPS) is 10.6. The van der Waals surface area contributed by atoms with Gasteiger partial charge in [-0.1, -0.05) is 11.3 Å². The molecule has 2 aromatic heterocycles. The number of anilines is 1. The lowest BCUT2D eigenvalue weighted by molar-refractivity contribution is 0.0525. The van der Waals surface area contributed by atoms with Gasteiger partial charge >= 0.3 is 5.97 Å². The maximum Gasteiger partial charge on any atom is 0.341 e. The van der Waals surface area contributed by atoms with Gasteiger partial charge < -0.3 is 4.74 Å². The Labute approximate surface area is 153 Å². The molecule has 1 aromatic carbocycles. The fourth-order valence-corrected chi connectivity index (χ4v) is 2.94. The smallest absolute Gasteiger partial charge is 0.341 e. The van der Waals surface area contributed by atoms with Crippen molar-refractivity contribution in [2.24, 2.45) is 0 Å². The zero-order chi connectivity index (χ0) is 18.7. The number of carbonyl (C=O) groups is 2. The highest BCUT2D eigenvalue weighted by atomic mass is 32.1. The van der Waals surface area contributed by atoms with Crippen molar-refractivity contribution in [1.29, 1.82) is 0 Å². The highest BCUT2D eigenvalue weighted by molar-refractivity contribution is 7.15. The third kappa shape index (κ3) is 3.62. The van der Waals surface area contributed by atoms with Gasteiger partial charge in [0.2, 0.25) is 5.13 Å². The lowest BCUT2D eigenvalue weighted by atomic mass is 10.2. The van der Waals surface area contributed by atoms with Gasteiger partial charge in [0, 0.05) is 5.56 Å². The van der Waals surface area contributed by atoms with Crippen molar-refractivity contribution in [1.82, 2.24) is 20.0 Å². The Morgan fingerprint density at radius 3 is 2.54 bits per heavy atom. The van der Waals surface area contributed by atoms with Crippen molar-refractivity contribution in [3.8, 4) is 5.69 Å². The van der Waals surface area contributed by atoms with Gasteiger partial charge in [-0.05, 0) is 45.0 Å². The average molecular weight is 371 g/mol. The van der Waals surface area contributed by atoms with E-state index in [-0.39, 0.29) is 5.91 Å². The van der Waals surface area contributed by atoms with E-state index in [1.807, 2.05) is 6.92 Å². The van der Waals surface area contributed by atoms with Crippen molar-refractivity contribution >= 4 is 28.3 Å². The first-order valence-electron chi connectivity index (χ1n) is 7.93. The summed E-state index contributed by atoms with van der Waals surface area (Å²) in [5, 5.41) is 15.9. The second-order valence-electron chi connectivity index (χ2n) is 5.40. The predicted molar refractivity (Wildman–Crippen MR) is 96.9 cm³/mol. The summed E-state index contributed by atoms with van der Waals surface area (Å²) in [6.07, 6.45) is 1.48. The minimum absolute atomic E-state index is 0.267. The van der Waals surface area contributed by atoms with Gasteiger partial charge in [0.25, 0.3) is 5.91 Å². The molecule has 9 heteroatoms. The molecule has 0 radical (unpaired) electrons. The first-order valence-corrected chi connectivity index (χ1v) is 8.75. The fourth-order valence-electron chi connectivity index (χ4n) is 2.35. The van der Waals surface area contributed by atoms with Crippen LogP contribution in [0.5, 0.6) is 0 Å². The van der Waals surface area contributed by atoms with Crippen LogP contribution in [0.1, 0.15) is 38.3 Å². The van der Waals surface area contributed by atoms with Crippen LogP contribution in [0.25, 0.3) is 5.69 Å². The minimum Gasteiger partial charge on any atom is -0.462 e. The molecule has 0 aliphatic rings. The van der Waals surface area contributed by atoms with Gasteiger partial charge in [-0.15, -0.1) is 10.2 Å². The summed E-state index contributed by atoms with van der Waals surface area (Å²) < 4.78 is 6.64. The van der Waals surface area contributed by atoms with Crippen LogP contribution in [-0.4, -0.2) is 38.5 Å². The van der Waals surface area contributed by atoms with E-state index in [0.717, 1.165) is 10.7 Å². The molecule has 1 amide bonds. The molecule has 3 aromatic rings. The third-order valence-electron chi connectivity index (χ3n) is 3.63. The summed E-state index contributed by atoms with van der Waals surface area (Å²) in [6.45, 7) is 5.67. The highest BCUT2D eigenvalue weighted by Gasteiger charge is 2.16. The van der Waals surface area contributed by atoms with E-state index in [0.29, 0.717) is 28.6 Å². The number of ether oxygens (including phenoxy) is 1. The van der Waals surface area contributed by atoms with E-state index in [2.05, 4.69) is 20.6 Å². The maximum absolute atomic E-state index is 12.2. The van der Waals surface area contributed by atoms with Gasteiger partial charge in [0.1, 0.15) is 10.6 Å². The van der Waals surface area contributed by atoms with Crippen LogP contribution in [0.2, 0.25) is 0 Å². The zero-order valence-corrected chi connectivity index (χ0v) is 15.3. The molecule has 0 fully saturated rings. The number of amides is 1. The molecule has 134 valence electrons. The number of aryl methyl sites for hydroxylation is 1. The average Bonchev–Trinajstić information content (AvgIpc) is 3.21. The number of hydrogen-bond donors (Lipinski definition) is 1. The number of nitrogens with one attached hydrogen (secondary N) is 1. The van der Waals surface area contributed by atoms with Crippen molar-refractivity contribution < 1.29 is 14.3 Å². The molecular formula is C17H17N5O3S. The number of carbonyl (C=O) groups excluding carboxylic acids is 2. The number of hydrogen-bond acceptors (Lipinski definition) is 7. The van der Waals surface area contributed by atoms with Crippen LogP contribution >= 0.6 is 11.3 Å². The van der Waals surface area contributed by atoms with Gasteiger partial charge in [-0.3, -0.25) is 10.1 Å². The molecule has 0 saturated carbocycles. The summed E-state index contributed by atoms with van der Waals surface area (Å²) in [7, 11) is 0. The predicted octanol–water partition coefficient (Wildman–Crippen LogP) is 2.77. The van der Waals surface area contributed by atoms with Crippen LogP contribution in [0, 0.1) is 13.8 Å². The number of rotatable bonds is 5. The molecule has 0 unspecified atom stereocenters. The molecule has 0 spiro atoms. The van der Waals surface area contributed by atoms with Crippen LogP contribution in [0.4, 0.5) is 5.13 Å². The second-order valence-corrected chi connectivity index (χ2v) is 6.58. The number of nitrogens with zero attached hydrogens (tertiary/aromatic N) is 4. The standard InChI is InChI=1S/C17H17N5O3S/c1-4-25-16(24)14-9-18-22(10(14)2)13-7-5-12(6-8-13)15(23)19-17-21-20-11(3)26-17/h5-9H,4H2,1-3H3,(H,19,21,23). The molecule has 0 aliphatic carbocycles. The summed E-state index contributed by atoms with van der Waals surface area (Å²) in [6, 6.07) is 6.89. The van der Waals surface area contributed by atoms with E-state index in [1.165, 1.54) is 17.5 Å². The second kappa shape index (κ2) is 7.44. The minimum atomic E-state index is -0.403. The molecule has 3 rings (SSSR count). The Balaban J connectivity index is 1.77. The molecular weight excluding hydrogens is 354 g/mol. The van der Waals surface area contributed by atoms with Gasteiger partial charge in [0.05, 0.1) is 24.2 Å². The van der Waals surface area contributed by atoms with E-state index >= 15 is 0 Å². The third-order valence-corrected chi connectivity index (χ3v) is 4.38. The quantitative estimate of drug-likeness (QED) is 0.693. The van der Waals surface area contributed by atoms with Crippen LogP contribution in [-0.2, 0) is 4.74 Å². The Bertz CT molecular complexity index is 946. The molecule has 0 atom stereocenters. The number of esters is 1. The first kappa shape index (κ1) is 17.7. The van der Waals surface area contributed by atoms with E-state index in [4.69, 9.17) is 4.74 Å². The topological polar surface area (TPSA) is 99.0 Å². The Morgan fingerprint density at radius 2 is 1.92 bits per heavy atom. The SMILES string of the molecule is CCOC(=O)c1cnn(-c2ccc(C(=O)Nc3nnc(C)s3)cc2)c1C. The van der Waals surface area contributed by atoms with Gasteiger partial charge in [-0.25, -0.2) is 9.48 Å². The van der Waals surface area contributed by atoms with Gasteiger partial charge in [0.15, 0.2) is 0 Å². The van der Waals surface area contributed by atoms with Crippen molar-refractivity contribution in [2.45, 2.75) is 20.8 Å². The largest absolute Gasteiger partial charge is 0.462 e. The van der Waals surface area contributed by atoms with E-state index in [1.54, 1.807) is 42.8 Å². The van der Waals surface area contributed by atoms with Crippen molar-refractivity contribution in [3.63, 3.8) is 0 Å². The van der Waals surface area contributed by atoms with Crippen molar-refractivity contribution in [2.75, 3.05) is 11.9 Å². The highest BCUT2D eigenvalue weighted by Crippen LogP contribution is 2.18. The molecule has 2 heterocycles. The summed E-state index contributed by atoms with van der Waals surface area (Å²) >= 11 is 1.31. The summed E-state index contributed by atoms with van der Waals surface area (Å²) in [4.78, 5) is 24.1. The summed E-state index contributed by atoms with van der Waals surface area (Å²) in [5.74, 6) is -0.670.